The number of benzene rings is 2. The number of hydrogen-bond donors (Lipinski definition) is 2. The van der Waals surface area contributed by atoms with Crippen molar-refractivity contribution in [2.45, 2.75) is 31.5 Å². The summed E-state index contributed by atoms with van der Waals surface area (Å²) in [6.07, 6.45) is 0.570. The van der Waals surface area contributed by atoms with Crippen LogP contribution in [-0.4, -0.2) is 23.9 Å². The zero-order valence-corrected chi connectivity index (χ0v) is 14.8. The van der Waals surface area contributed by atoms with Gasteiger partial charge in [0.05, 0.1) is 0 Å². The molecule has 0 aliphatic carbocycles. The Morgan fingerprint density at radius 3 is 2.28 bits per heavy atom. The summed E-state index contributed by atoms with van der Waals surface area (Å²) in [5, 5.41) is 2.80. The van der Waals surface area contributed by atoms with Gasteiger partial charge in [-0.15, -0.1) is 12.4 Å². The van der Waals surface area contributed by atoms with Crippen molar-refractivity contribution in [1.82, 2.24) is 5.32 Å². The number of anilines is 1. The molecule has 3 rings (SSSR count). The predicted molar refractivity (Wildman–Crippen MR) is 101 cm³/mol. The van der Waals surface area contributed by atoms with E-state index >= 15 is 0 Å². The highest BCUT2D eigenvalue weighted by atomic mass is 35.5. The molecule has 1 aliphatic rings. The van der Waals surface area contributed by atoms with Crippen molar-refractivity contribution >= 4 is 29.9 Å². The Bertz CT molecular complexity index is 724. The van der Waals surface area contributed by atoms with Crippen LogP contribution in [0, 0.1) is 0 Å². The largest absolute Gasteiger partial charge is 0.343 e. The number of para-hydroxylation sites is 1. The van der Waals surface area contributed by atoms with Gasteiger partial charge in [-0.1, -0.05) is 48.5 Å². The smallest absolute Gasteiger partial charge is 0.249 e. The Morgan fingerprint density at radius 1 is 1.12 bits per heavy atom. The fourth-order valence-electron chi connectivity index (χ4n) is 3.10. The molecule has 1 saturated heterocycles. The van der Waals surface area contributed by atoms with Gasteiger partial charge in [0, 0.05) is 11.7 Å². The SMILES string of the molecule is CC1CC(NC(=O)C(N)c2ccccc2)C(=O)N1c1ccccc1.Cl. The van der Waals surface area contributed by atoms with Crippen LogP contribution in [0.3, 0.4) is 0 Å². The third-order valence-corrected chi connectivity index (χ3v) is 4.35. The Hall–Kier alpha value is -2.37. The average Bonchev–Trinajstić information content (AvgIpc) is 2.89. The van der Waals surface area contributed by atoms with E-state index in [4.69, 9.17) is 5.73 Å². The van der Waals surface area contributed by atoms with Crippen LogP contribution in [-0.2, 0) is 9.59 Å². The van der Waals surface area contributed by atoms with E-state index in [0.717, 1.165) is 11.3 Å². The van der Waals surface area contributed by atoms with Crippen molar-refractivity contribution in [2.75, 3.05) is 4.90 Å². The second kappa shape index (κ2) is 8.14. The molecular formula is C19H22ClN3O2. The van der Waals surface area contributed by atoms with Crippen LogP contribution in [0.4, 0.5) is 5.69 Å². The molecule has 6 heteroatoms. The third-order valence-electron chi connectivity index (χ3n) is 4.35. The highest BCUT2D eigenvalue weighted by Gasteiger charge is 2.39. The molecule has 5 nitrogen and oxygen atoms in total. The Kier molecular flexibility index (Phi) is 6.17. The number of carbonyl (C=O) groups excluding carboxylic acids is 2. The molecular weight excluding hydrogens is 338 g/mol. The second-order valence-corrected chi connectivity index (χ2v) is 6.08. The highest BCUT2D eigenvalue weighted by molar-refractivity contribution is 6.02. The van der Waals surface area contributed by atoms with Crippen LogP contribution < -0.4 is 16.0 Å². The van der Waals surface area contributed by atoms with Crippen LogP contribution in [0.5, 0.6) is 0 Å². The molecule has 0 aromatic heterocycles. The third kappa shape index (κ3) is 4.00. The fourth-order valence-corrected chi connectivity index (χ4v) is 3.10. The monoisotopic (exact) mass is 359 g/mol. The normalized spacial score (nSPS) is 20.7. The molecule has 0 spiro atoms. The lowest BCUT2D eigenvalue weighted by atomic mass is 10.1. The molecule has 0 bridgehead atoms. The summed E-state index contributed by atoms with van der Waals surface area (Å²) >= 11 is 0. The van der Waals surface area contributed by atoms with Gasteiger partial charge >= 0.3 is 0 Å². The molecule has 3 N–H and O–H groups in total. The van der Waals surface area contributed by atoms with E-state index in [1.807, 2.05) is 55.5 Å². The van der Waals surface area contributed by atoms with Crippen molar-refractivity contribution in [1.29, 1.82) is 0 Å². The number of amides is 2. The van der Waals surface area contributed by atoms with E-state index in [2.05, 4.69) is 5.32 Å². The van der Waals surface area contributed by atoms with E-state index in [0.29, 0.717) is 6.42 Å². The van der Waals surface area contributed by atoms with Crippen molar-refractivity contribution in [2.24, 2.45) is 5.73 Å². The Morgan fingerprint density at radius 2 is 1.68 bits per heavy atom. The molecule has 132 valence electrons. The average molecular weight is 360 g/mol. The van der Waals surface area contributed by atoms with Gasteiger partial charge < -0.3 is 16.0 Å². The van der Waals surface area contributed by atoms with Gasteiger partial charge in [0.2, 0.25) is 11.8 Å². The highest BCUT2D eigenvalue weighted by Crippen LogP contribution is 2.26. The minimum atomic E-state index is -0.778. The van der Waals surface area contributed by atoms with Crippen LogP contribution in [0.25, 0.3) is 0 Å². The topological polar surface area (TPSA) is 75.4 Å². The summed E-state index contributed by atoms with van der Waals surface area (Å²) in [7, 11) is 0. The van der Waals surface area contributed by atoms with Gasteiger partial charge in [-0.2, -0.15) is 0 Å². The van der Waals surface area contributed by atoms with E-state index < -0.39 is 12.1 Å². The quantitative estimate of drug-likeness (QED) is 0.880. The Labute approximate surface area is 153 Å². The van der Waals surface area contributed by atoms with Gasteiger partial charge in [-0.25, -0.2) is 0 Å². The maximum atomic E-state index is 12.7. The standard InChI is InChI=1S/C19H21N3O2.ClH/c1-13-12-16(19(24)22(13)15-10-6-3-7-11-15)21-18(23)17(20)14-8-4-2-5-9-14;/h2-11,13,16-17H,12,20H2,1H3,(H,21,23);1H. The molecule has 25 heavy (non-hydrogen) atoms. The van der Waals surface area contributed by atoms with Gasteiger partial charge in [0.1, 0.15) is 12.1 Å². The van der Waals surface area contributed by atoms with Gasteiger partial charge in [-0.05, 0) is 31.0 Å². The molecule has 0 radical (unpaired) electrons. The van der Waals surface area contributed by atoms with Crippen molar-refractivity contribution in [3.8, 4) is 0 Å². The molecule has 2 amide bonds. The van der Waals surface area contributed by atoms with Crippen molar-refractivity contribution in [3.63, 3.8) is 0 Å². The Balaban J connectivity index is 0.00000225. The molecule has 3 unspecified atom stereocenters. The summed E-state index contributed by atoms with van der Waals surface area (Å²) in [5.41, 5.74) is 7.58. The van der Waals surface area contributed by atoms with Crippen molar-refractivity contribution < 1.29 is 9.59 Å². The van der Waals surface area contributed by atoms with E-state index in [9.17, 15) is 9.59 Å². The van der Waals surface area contributed by atoms with E-state index in [1.165, 1.54) is 0 Å². The summed E-state index contributed by atoms with van der Waals surface area (Å²) in [4.78, 5) is 26.8. The molecule has 3 atom stereocenters. The first-order valence-corrected chi connectivity index (χ1v) is 8.07. The maximum absolute atomic E-state index is 12.7. The minimum Gasteiger partial charge on any atom is -0.343 e. The van der Waals surface area contributed by atoms with E-state index in [-0.39, 0.29) is 30.3 Å². The van der Waals surface area contributed by atoms with Gasteiger partial charge in [0.15, 0.2) is 0 Å². The first-order valence-electron chi connectivity index (χ1n) is 8.07. The van der Waals surface area contributed by atoms with E-state index in [1.54, 1.807) is 17.0 Å². The summed E-state index contributed by atoms with van der Waals surface area (Å²) in [5.74, 6) is -0.427. The number of halogens is 1. The molecule has 2 aromatic carbocycles. The zero-order valence-electron chi connectivity index (χ0n) is 14.0. The molecule has 0 saturated carbocycles. The number of rotatable bonds is 4. The number of nitrogens with zero attached hydrogens (tertiary/aromatic N) is 1. The fraction of sp³-hybridized carbons (Fsp3) is 0.263. The summed E-state index contributed by atoms with van der Waals surface area (Å²) < 4.78 is 0. The minimum absolute atomic E-state index is 0. The summed E-state index contributed by atoms with van der Waals surface area (Å²) in [6, 6.07) is 17.4. The van der Waals surface area contributed by atoms with Crippen LogP contribution >= 0.6 is 12.4 Å². The van der Waals surface area contributed by atoms with Crippen LogP contribution in [0.1, 0.15) is 24.9 Å². The lowest BCUT2D eigenvalue weighted by Gasteiger charge is -2.21. The molecule has 2 aromatic rings. The molecule has 1 heterocycles. The van der Waals surface area contributed by atoms with Crippen LogP contribution in [0.15, 0.2) is 60.7 Å². The summed E-state index contributed by atoms with van der Waals surface area (Å²) in [6.45, 7) is 1.98. The van der Waals surface area contributed by atoms with Crippen LogP contribution in [0.2, 0.25) is 0 Å². The number of hydrogen-bond acceptors (Lipinski definition) is 3. The maximum Gasteiger partial charge on any atom is 0.249 e. The first kappa shape index (κ1) is 19.0. The van der Waals surface area contributed by atoms with Gasteiger partial charge in [0.25, 0.3) is 0 Å². The predicted octanol–water partition coefficient (Wildman–Crippen LogP) is 2.42. The lowest BCUT2D eigenvalue weighted by Crippen LogP contribution is -2.45. The number of nitrogens with two attached hydrogens (primary N) is 1. The molecule has 1 fully saturated rings. The molecule has 1 aliphatic heterocycles. The zero-order chi connectivity index (χ0) is 17.1. The van der Waals surface area contributed by atoms with Gasteiger partial charge in [-0.3, -0.25) is 9.59 Å². The second-order valence-electron chi connectivity index (χ2n) is 6.08. The van der Waals surface area contributed by atoms with Crippen molar-refractivity contribution in [3.05, 3.63) is 66.2 Å². The first-order chi connectivity index (χ1) is 11.6. The lowest BCUT2D eigenvalue weighted by molar-refractivity contribution is -0.127. The number of nitrogens with one attached hydrogen (secondary N) is 1. The number of carbonyl (C=O) groups is 2.